The Kier molecular flexibility index (Phi) is 5.24. The first-order valence-electron chi connectivity index (χ1n) is 6.24. The maximum atomic E-state index is 12.0. The smallest absolute Gasteiger partial charge is 0.252 e. The van der Waals surface area contributed by atoms with Crippen molar-refractivity contribution in [1.29, 1.82) is 0 Å². The van der Waals surface area contributed by atoms with Crippen molar-refractivity contribution in [2.24, 2.45) is 0 Å². The second-order valence-corrected chi connectivity index (χ2v) is 4.89. The van der Waals surface area contributed by atoms with Gasteiger partial charge < -0.3 is 9.64 Å². The summed E-state index contributed by atoms with van der Waals surface area (Å²) in [5.74, 6) is -0.241. The first-order chi connectivity index (χ1) is 8.82. The van der Waals surface area contributed by atoms with Gasteiger partial charge in [-0.15, -0.1) is 0 Å². The number of ketones is 1. The molecular formula is C15H21NO3. The van der Waals surface area contributed by atoms with Crippen LogP contribution in [0.1, 0.15) is 23.6 Å². The maximum Gasteiger partial charge on any atom is 0.252 e. The normalized spacial score (nSPS) is 10.4. The lowest BCUT2D eigenvalue weighted by atomic mass is 10.0. The van der Waals surface area contributed by atoms with Crippen molar-refractivity contribution in [1.82, 2.24) is 0 Å². The predicted molar refractivity (Wildman–Crippen MR) is 75.6 cm³/mol. The Morgan fingerprint density at radius 1 is 1.11 bits per heavy atom. The summed E-state index contributed by atoms with van der Waals surface area (Å²) >= 11 is 0. The third kappa shape index (κ3) is 4.17. The second-order valence-electron chi connectivity index (χ2n) is 4.89. The van der Waals surface area contributed by atoms with Gasteiger partial charge in [-0.05, 0) is 38.8 Å². The molecule has 0 aliphatic heterocycles. The number of benzene rings is 1. The van der Waals surface area contributed by atoms with Crippen LogP contribution in [0.3, 0.4) is 0 Å². The van der Waals surface area contributed by atoms with Gasteiger partial charge in [0.2, 0.25) is 0 Å². The fourth-order valence-corrected chi connectivity index (χ4v) is 2.21. The standard InChI is InChI=1S/C15H21NO3/c1-10-6-11(2)15(12(3)7-10)16(5)14(18)9-19-8-13(4)17/h6-7H,8-9H2,1-5H3. The zero-order valence-corrected chi connectivity index (χ0v) is 12.2. The van der Waals surface area contributed by atoms with E-state index in [0.29, 0.717) is 0 Å². The van der Waals surface area contributed by atoms with E-state index >= 15 is 0 Å². The topological polar surface area (TPSA) is 46.6 Å². The molecular weight excluding hydrogens is 242 g/mol. The average molecular weight is 263 g/mol. The first kappa shape index (κ1) is 15.4. The Balaban J connectivity index is 2.80. The summed E-state index contributed by atoms with van der Waals surface area (Å²) in [6.45, 7) is 7.32. The number of hydrogen-bond acceptors (Lipinski definition) is 3. The Labute approximate surface area is 114 Å². The second kappa shape index (κ2) is 6.48. The van der Waals surface area contributed by atoms with Gasteiger partial charge >= 0.3 is 0 Å². The summed E-state index contributed by atoms with van der Waals surface area (Å²) in [5, 5.41) is 0. The van der Waals surface area contributed by atoms with E-state index in [2.05, 4.69) is 0 Å². The van der Waals surface area contributed by atoms with E-state index in [1.165, 1.54) is 12.5 Å². The number of rotatable bonds is 5. The van der Waals surface area contributed by atoms with Crippen LogP contribution in [0, 0.1) is 20.8 Å². The van der Waals surface area contributed by atoms with Gasteiger partial charge in [-0.1, -0.05) is 17.7 Å². The maximum absolute atomic E-state index is 12.0. The van der Waals surface area contributed by atoms with Gasteiger partial charge in [0, 0.05) is 12.7 Å². The molecule has 0 saturated heterocycles. The molecule has 1 rings (SSSR count). The molecule has 1 aromatic rings. The number of Topliss-reactive ketones (excluding diaryl/α,β-unsaturated/α-hetero) is 1. The van der Waals surface area contributed by atoms with Crippen molar-refractivity contribution in [3.8, 4) is 0 Å². The van der Waals surface area contributed by atoms with Crippen LogP contribution in [0.4, 0.5) is 5.69 Å². The van der Waals surface area contributed by atoms with Gasteiger partial charge in [-0.25, -0.2) is 0 Å². The molecule has 19 heavy (non-hydrogen) atoms. The molecule has 0 atom stereocenters. The lowest BCUT2D eigenvalue weighted by Crippen LogP contribution is -2.31. The molecule has 4 nitrogen and oxygen atoms in total. The average Bonchev–Trinajstić information content (AvgIpc) is 2.26. The van der Waals surface area contributed by atoms with Crippen LogP contribution in [0.15, 0.2) is 12.1 Å². The van der Waals surface area contributed by atoms with Gasteiger partial charge in [-0.2, -0.15) is 0 Å². The van der Waals surface area contributed by atoms with Crippen molar-refractivity contribution in [3.63, 3.8) is 0 Å². The van der Waals surface area contributed by atoms with Crippen LogP contribution in [-0.2, 0) is 14.3 Å². The van der Waals surface area contributed by atoms with Crippen molar-refractivity contribution >= 4 is 17.4 Å². The molecule has 0 bridgehead atoms. The first-order valence-corrected chi connectivity index (χ1v) is 6.24. The van der Waals surface area contributed by atoms with Crippen LogP contribution in [0.5, 0.6) is 0 Å². The fourth-order valence-electron chi connectivity index (χ4n) is 2.21. The third-order valence-electron chi connectivity index (χ3n) is 2.88. The Bertz CT molecular complexity index is 471. The molecule has 0 unspecified atom stereocenters. The van der Waals surface area contributed by atoms with Gasteiger partial charge in [0.05, 0.1) is 0 Å². The monoisotopic (exact) mass is 263 g/mol. The molecule has 0 aliphatic carbocycles. The van der Waals surface area contributed by atoms with Gasteiger partial charge in [0.25, 0.3) is 5.91 Å². The van der Waals surface area contributed by atoms with Gasteiger partial charge in [0.15, 0.2) is 5.78 Å². The SMILES string of the molecule is CC(=O)COCC(=O)N(C)c1c(C)cc(C)cc1C. The van der Waals surface area contributed by atoms with Gasteiger partial charge in [0.1, 0.15) is 13.2 Å². The number of amides is 1. The van der Waals surface area contributed by atoms with Crippen LogP contribution in [0.2, 0.25) is 0 Å². The summed E-state index contributed by atoms with van der Waals surface area (Å²) in [6, 6.07) is 4.09. The number of carbonyl (C=O) groups is 2. The quantitative estimate of drug-likeness (QED) is 0.818. The molecule has 0 N–H and O–H groups in total. The molecule has 104 valence electrons. The number of aryl methyl sites for hydroxylation is 3. The van der Waals surface area contributed by atoms with Crippen molar-refractivity contribution < 1.29 is 14.3 Å². The molecule has 0 radical (unpaired) electrons. The van der Waals surface area contributed by atoms with Crippen LogP contribution in [0.25, 0.3) is 0 Å². The molecule has 4 heteroatoms. The van der Waals surface area contributed by atoms with E-state index in [0.717, 1.165) is 16.8 Å². The summed E-state index contributed by atoms with van der Waals surface area (Å²) in [6.07, 6.45) is 0. The van der Waals surface area contributed by atoms with E-state index in [1.54, 1.807) is 11.9 Å². The number of anilines is 1. The van der Waals surface area contributed by atoms with E-state index < -0.39 is 0 Å². The Hall–Kier alpha value is -1.68. The summed E-state index contributed by atoms with van der Waals surface area (Å²) in [7, 11) is 1.73. The molecule has 0 fully saturated rings. The zero-order chi connectivity index (χ0) is 14.6. The predicted octanol–water partition coefficient (Wildman–Crippen LogP) is 2.18. The molecule has 0 aliphatic rings. The van der Waals surface area contributed by atoms with E-state index in [4.69, 9.17) is 4.74 Å². The summed E-state index contributed by atoms with van der Waals surface area (Å²) < 4.78 is 5.06. The van der Waals surface area contributed by atoms with E-state index in [1.807, 2.05) is 32.9 Å². The molecule has 0 saturated carbocycles. The highest BCUT2D eigenvalue weighted by Crippen LogP contribution is 2.25. The highest BCUT2D eigenvalue weighted by Gasteiger charge is 2.15. The largest absolute Gasteiger partial charge is 0.364 e. The van der Waals surface area contributed by atoms with Crippen molar-refractivity contribution in [2.75, 3.05) is 25.2 Å². The molecule has 1 amide bonds. The molecule has 0 aromatic heterocycles. The van der Waals surface area contributed by atoms with Crippen LogP contribution >= 0.6 is 0 Å². The number of ether oxygens (including phenoxy) is 1. The van der Waals surface area contributed by atoms with Crippen LogP contribution in [-0.4, -0.2) is 32.0 Å². The van der Waals surface area contributed by atoms with Gasteiger partial charge in [-0.3, -0.25) is 9.59 Å². The lowest BCUT2D eigenvalue weighted by Gasteiger charge is -2.22. The minimum absolute atomic E-state index is 0.0224. The number of likely N-dealkylation sites (N-methyl/N-ethyl adjacent to an activating group) is 1. The highest BCUT2D eigenvalue weighted by molar-refractivity contribution is 5.95. The molecule has 0 spiro atoms. The van der Waals surface area contributed by atoms with Crippen molar-refractivity contribution in [2.45, 2.75) is 27.7 Å². The van der Waals surface area contributed by atoms with Crippen molar-refractivity contribution in [3.05, 3.63) is 28.8 Å². The molecule has 1 aromatic carbocycles. The molecule has 0 heterocycles. The minimum Gasteiger partial charge on any atom is -0.364 e. The fraction of sp³-hybridized carbons (Fsp3) is 0.467. The van der Waals surface area contributed by atoms with Crippen LogP contribution < -0.4 is 4.90 Å². The number of carbonyl (C=O) groups excluding carboxylic acids is 2. The lowest BCUT2D eigenvalue weighted by molar-refractivity contribution is -0.127. The Morgan fingerprint density at radius 3 is 2.11 bits per heavy atom. The third-order valence-corrected chi connectivity index (χ3v) is 2.88. The van der Waals surface area contributed by atoms with E-state index in [9.17, 15) is 9.59 Å². The summed E-state index contributed by atoms with van der Waals surface area (Å²) in [4.78, 5) is 24.4. The number of nitrogens with zero attached hydrogens (tertiary/aromatic N) is 1. The van der Waals surface area contributed by atoms with E-state index in [-0.39, 0.29) is 24.9 Å². The summed E-state index contributed by atoms with van der Waals surface area (Å²) in [5.41, 5.74) is 4.19. The zero-order valence-electron chi connectivity index (χ0n) is 12.2. The Morgan fingerprint density at radius 2 is 1.63 bits per heavy atom. The minimum atomic E-state index is -0.156. The highest BCUT2D eigenvalue weighted by atomic mass is 16.5. The number of hydrogen-bond donors (Lipinski definition) is 0.